The van der Waals surface area contributed by atoms with Crippen molar-refractivity contribution in [3.8, 4) is 11.5 Å². The first-order valence-electron chi connectivity index (χ1n) is 10.8. The van der Waals surface area contributed by atoms with Crippen molar-refractivity contribution < 1.29 is 29.3 Å². The number of carbonyl (C=O) groups is 2. The van der Waals surface area contributed by atoms with E-state index in [0.717, 1.165) is 11.1 Å². The molecule has 0 aromatic heterocycles. The third kappa shape index (κ3) is 5.99. The lowest BCUT2D eigenvalue weighted by atomic mass is 9.99. The molecule has 0 saturated carbocycles. The topological polar surface area (TPSA) is 117 Å². The Morgan fingerprint density at radius 3 is 1.59 bits per heavy atom. The van der Waals surface area contributed by atoms with Gasteiger partial charge in [0, 0.05) is 24.2 Å². The van der Waals surface area contributed by atoms with Gasteiger partial charge in [0.05, 0.1) is 13.2 Å². The van der Waals surface area contributed by atoms with Gasteiger partial charge in [-0.25, -0.2) is 0 Å². The second-order valence-electron chi connectivity index (χ2n) is 7.71. The van der Waals surface area contributed by atoms with E-state index >= 15 is 0 Å². The van der Waals surface area contributed by atoms with E-state index in [2.05, 4.69) is 10.6 Å². The van der Waals surface area contributed by atoms with Crippen molar-refractivity contribution in [1.29, 1.82) is 0 Å². The Balaban J connectivity index is 1.97. The molecule has 2 aromatic rings. The lowest BCUT2D eigenvalue weighted by Crippen LogP contribution is -2.40. The number of benzene rings is 2. The van der Waals surface area contributed by atoms with E-state index in [4.69, 9.17) is 9.47 Å². The van der Waals surface area contributed by atoms with E-state index in [0.29, 0.717) is 24.0 Å². The molecular formula is C24H30N2O6. The van der Waals surface area contributed by atoms with Crippen LogP contribution in [0.4, 0.5) is 0 Å². The first-order chi connectivity index (χ1) is 15.4. The van der Waals surface area contributed by atoms with Crippen molar-refractivity contribution in [2.45, 2.75) is 51.9 Å². The van der Waals surface area contributed by atoms with E-state index in [1.807, 2.05) is 0 Å². The van der Waals surface area contributed by atoms with Crippen LogP contribution in [0.1, 0.15) is 36.1 Å². The van der Waals surface area contributed by atoms with Crippen LogP contribution in [-0.2, 0) is 45.0 Å². The number of fused-ring (bicyclic) bond motifs is 4. The van der Waals surface area contributed by atoms with E-state index in [1.165, 1.54) is 0 Å². The van der Waals surface area contributed by atoms with Gasteiger partial charge in [-0.05, 0) is 49.9 Å². The SMILES string of the molecule is CCOC(=O)C1Cc2ccc(O)c(c2)CNC(C(=O)OCC)Cc2ccc(O)c(c2)CN1. The van der Waals surface area contributed by atoms with Crippen molar-refractivity contribution in [3.63, 3.8) is 0 Å². The number of phenolic OH excluding ortho intramolecular Hbond substituents is 2. The van der Waals surface area contributed by atoms with Crippen LogP contribution in [0, 0.1) is 0 Å². The van der Waals surface area contributed by atoms with Crippen molar-refractivity contribution in [3.05, 3.63) is 58.7 Å². The summed E-state index contributed by atoms with van der Waals surface area (Å²) in [4.78, 5) is 25.1. The predicted molar refractivity (Wildman–Crippen MR) is 118 cm³/mol. The zero-order chi connectivity index (χ0) is 23.1. The maximum Gasteiger partial charge on any atom is 0.323 e. The standard InChI is InChI=1S/C24H30N2O6/c1-3-31-23(29)19-11-15-5-7-22(28)18(9-15)14-26-20(24(30)32-4-2)12-16-6-8-21(27)17(10-16)13-25-19/h5-10,19-20,25-28H,3-4,11-14H2,1-2H3. The molecule has 2 aromatic carbocycles. The van der Waals surface area contributed by atoms with Gasteiger partial charge in [-0.15, -0.1) is 0 Å². The number of rotatable bonds is 4. The minimum atomic E-state index is -0.626. The summed E-state index contributed by atoms with van der Waals surface area (Å²) in [6.07, 6.45) is 0.682. The van der Waals surface area contributed by atoms with Gasteiger partial charge in [0.25, 0.3) is 0 Å². The number of aromatic hydroxyl groups is 2. The fraction of sp³-hybridized carbons (Fsp3) is 0.417. The molecule has 0 spiro atoms. The summed E-state index contributed by atoms with van der Waals surface area (Å²) in [5.41, 5.74) is 2.88. The van der Waals surface area contributed by atoms with Crippen LogP contribution in [0.15, 0.2) is 36.4 Å². The van der Waals surface area contributed by atoms with Crippen LogP contribution in [0.5, 0.6) is 11.5 Å². The van der Waals surface area contributed by atoms with Gasteiger partial charge in [0.15, 0.2) is 0 Å². The van der Waals surface area contributed by atoms with Gasteiger partial charge in [-0.2, -0.15) is 0 Å². The number of hydrogen-bond donors (Lipinski definition) is 4. The first-order valence-corrected chi connectivity index (χ1v) is 10.8. The largest absolute Gasteiger partial charge is 0.508 e. The van der Waals surface area contributed by atoms with Gasteiger partial charge in [-0.1, -0.05) is 24.3 Å². The van der Waals surface area contributed by atoms with E-state index < -0.39 is 12.1 Å². The molecule has 2 unspecified atom stereocenters. The quantitative estimate of drug-likeness (QED) is 0.531. The molecule has 0 radical (unpaired) electrons. The van der Waals surface area contributed by atoms with Gasteiger partial charge in [0.1, 0.15) is 23.6 Å². The smallest absolute Gasteiger partial charge is 0.323 e. The number of ether oxygens (including phenoxy) is 2. The summed E-state index contributed by atoms with van der Waals surface area (Å²) in [5.74, 6) is -0.567. The molecule has 0 amide bonds. The van der Waals surface area contributed by atoms with E-state index in [-0.39, 0.29) is 49.7 Å². The van der Waals surface area contributed by atoms with Crippen LogP contribution in [0.3, 0.4) is 0 Å². The summed E-state index contributed by atoms with van der Waals surface area (Å²) in [5, 5.41) is 27.0. The van der Waals surface area contributed by atoms with Gasteiger partial charge < -0.3 is 19.7 Å². The van der Waals surface area contributed by atoms with Crippen LogP contribution >= 0.6 is 0 Å². The minimum Gasteiger partial charge on any atom is -0.508 e. The third-order valence-corrected chi connectivity index (χ3v) is 5.39. The molecular weight excluding hydrogens is 412 g/mol. The zero-order valence-electron chi connectivity index (χ0n) is 18.4. The molecule has 4 bridgehead atoms. The van der Waals surface area contributed by atoms with Crippen LogP contribution < -0.4 is 10.6 Å². The highest BCUT2D eigenvalue weighted by molar-refractivity contribution is 5.77. The normalized spacial score (nSPS) is 18.9. The number of nitrogens with one attached hydrogen (secondary N) is 2. The summed E-state index contributed by atoms with van der Waals surface area (Å²) < 4.78 is 10.4. The second-order valence-corrected chi connectivity index (χ2v) is 7.71. The Morgan fingerprint density at radius 1 is 0.812 bits per heavy atom. The highest BCUT2D eigenvalue weighted by Gasteiger charge is 2.24. The molecule has 1 heterocycles. The predicted octanol–water partition coefficient (Wildman–Crippen LogP) is 1.94. The molecule has 1 aliphatic heterocycles. The van der Waals surface area contributed by atoms with E-state index in [1.54, 1.807) is 50.2 Å². The van der Waals surface area contributed by atoms with Crippen LogP contribution in [0.2, 0.25) is 0 Å². The van der Waals surface area contributed by atoms with Gasteiger partial charge >= 0.3 is 11.9 Å². The Hall–Kier alpha value is -3.10. The molecule has 32 heavy (non-hydrogen) atoms. The van der Waals surface area contributed by atoms with Gasteiger partial charge in [-0.3, -0.25) is 20.2 Å². The average Bonchev–Trinajstić information content (AvgIpc) is 2.77. The first kappa shape index (κ1) is 23.6. The molecule has 8 heteroatoms. The van der Waals surface area contributed by atoms with Crippen molar-refractivity contribution in [1.82, 2.24) is 10.6 Å². The lowest BCUT2D eigenvalue weighted by molar-refractivity contribution is -0.146. The Morgan fingerprint density at radius 2 is 1.22 bits per heavy atom. The molecule has 2 atom stereocenters. The number of hydrogen-bond acceptors (Lipinski definition) is 8. The summed E-state index contributed by atoms with van der Waals surface area (Å²) in [6.45, 7) is 4.51. The van der Waals surface area contributed by atoms with Crippen molar-refractivity contribution in [2.24, 2.45) is 0 Å². The fourth-order valence-electron chi connectivity index (χ4n) is 3.72. The van der Waals surface area contributed by atoms with Crippen molar-refractivity contribution in [2.75, 3.05) is 13.2 Å². The molecule has 4 N–H and O–H groups in total. The maximum atomic E-state index is 12.5. The Bertz CT molecular complexity index is 884. The monoisotopic (exact) mass is 442 g/mol. The van der Waals surface area contributed by atoms with Crippen LogP contribution in [0.25, 0.3) is 0 Å². The molecule has 0 saturated heterocycles. The molecule has 0 fully saturated rings. The Labute approximate surface area is 187 Å². The lowest BCUT2D eigenvalue weighted by Gasteiger charge is -2.21. The molecule has 1 aliphatic rings. The number of esters is 2. The minimum absolute atomic E-state index is 0.100. The van der Waals surface area contributed by atoms with E-state index in [9.17, 15) is 19.8 Å². The molecule has 0 aliphatic carbocycles. The average molecular weight is 443 g/mol. The molecule has 8 nitrogen and oxygen atoms in total. The molecule has 3 rings (SSSR count). The highest BCUT2D eigenvalue weighted by Crippen LogP contribution is 2.23. The number of carbonyl (C=O) groups excluding carboxylic acids is 2. The van der Waals surface area contributed by atoms with Gasteiger partial charge in [0.2, 0.25) is 0 Å². The maximum absolute atomic E-state index is 12.5. The second kappa shape index (κ2) is 11.0. The highest BCUT2D eigenvalue weighted by atomic mass is 16.5. The summed E-state index contributed by atoms with van der Waals surface area (Å²) in [6, 6.07) is 9.01. The summed E-state index contributed by atoms with van der Waals surface area (Å²) >= 11 is 0. The van der Waals surface area contributed by atoms with Crippen LogP contribution in [-0.4, -0.2) is 47.4 Å². The summed E-state index contributed by atoms with van der Waals surface area (Å²) in [7, 11) is 0. The van der Waals surface area contributed by atoms with Crippen molar-refractivity contribution >= 4 is 11.9 Å². The third-order valence-electron chi connectivity index (χ3n) is 5.39. The fourth-order valence-corrected chi connectivity index (χ4v) is 3.72. The zero-order valence-corrected chi connectivity index (χ0v) is 18.4. The Kier molecular flexibility index (Phi) is 8.08. The molecule has 172 valence electrons. The number of phenols is 2.